The maximum Gasteiger partial charge on any atom is 0.333 e. The molecule has 0 aliphatic carbocycles. The van der Waals surface area contributed by atoms with Gasteiger partial charge in [0.1, 0.15) is 6.10 Å². The summed E-state index contributed by atoms with van der Waals surface area (Å²) in [7, 11) is 0. The molecule has 0 aromatic carbocycles. The van der Waals surface area contributed by atoms with Crippen LogP contribution < -0.4 is 0 Å². The fourth-order valence-corrected chi connectivity index (χ4v) is 1.61. The third kappa shape index (κ3) is 4.11. The van der Waals surface area contributed by atoms with Crippen LogP contribution in [0.1, 0.15) is 27.2 Å². The van der Waals surface area contributed by atoms with E-state index in [0.29, 0.717) is 13.2 Å². The van der Waals surface area contributed by atoms with Crippen LogP contribution in [0.2, 0.25) is 0 Å². The van der Waals surface area contributed by atoms with Crippen LogP contribution in [0.3, 0.4) is 0 Å². The zero-order chi connectivity index (χ0) is 13.1. The minimum absolute atomic E-state index is 0.128. The van der Waals surface area contributed by atoms with Gasteiger partial charge in [0.2, 0.25) is 0 Å². The number of rotatable bonds is 5. The van der Waals surface area contributed by atoms with Crippen molar-refractivity contribution >= 4 is 5.97 Å². The van der Waals surface area contributed by atoms with Crippen LogP contribution in [-0.2, 0) is 19.0 Å². The Balaban J connectivity index is 2.42. The van der Waals surface area contributed by atoms with Gasteiger partial charge in [-0.15, -0.1) is 0 Å². The molecule has 1 N–H and O–H groups in total. The first-order valence-electron chi connectivity index (χ1n) is 5.70. The molecule has 5 heteroatoms. The van der Waals surface area contributed by atoms with Crippen LogP contribution in [0.25, 0.3) is 0 Å². The Morgan fingerprint density at radius 2 is 2.29 bits per heavy atom. The Labute approximate surface area is 101 Å². The molecule has 1 rings (SSSR count). The number of hydrogen-bond donors (Lipinski definition) is 1. The van der Waals surface area contributed by atoms with Crippen molar-refractivity contribution in [2.45, 2.75) is 45.2 Å². The molecule has 1 saturated heterocycles. The summed E-state index contributed by atoms with van der Waals surface area (Å²) in [6.07, 6.45) is -1.12. The van der Waals surface area contributed by atoms with Gasteiger partial charge in [0.25, 0.3) is 0 Å². The largest absolute Gasteiger partial charge is 0.463 e. The van der Waals surface area contributed by atoms with Gasteiger partial charge < -0.3 is 19.3 Å². The zero-order valence-corrected chi connectivity index (χ0v) is 10.6. The fourth-order valence-electron chi connectivity index (χ4n) is 1.61. The number of ether oxygens (including phenoxy) is 3. The summed E-state index contributed by atoms with van der Waals surface area (Å²) < 4.78 is 15.6. The van der Waals surface area contributed by atoms with E-state index < -0.39 is 24.0 Å². The Kier molecular flexibility index (Phi) is 4.68. The number of hydrogen-bond acceptors (Lipinski definition) is 5. The van der Waals surface area contributed by atoms with Crippen molar-refractivity contribution < 1.29 is 24.1 Å². The predicted molar refractivity (Wildman–Crippen MR) is 61.3 cm³/mol. The predicted octanol–water partition coefficient (Wildman–Crippen LogP) is 1.01. The Hall–Kier alpha value is -0.910. The molecule has 2 atom stereocenters. The summed E-state index contributed by atoms with van der Waals surface area (Å²) in [4.78, 5) is 11.3. The van der Waals surface area contributed by atoms with Crippen molar-refractivity contribution in [1.29, 1.82) is 0 Å². The average Bonchev–Trinajstić information content (AvgIpc) is 2.59. The lowest BCUT2D eigenvalue weighted by molar-refractivity contribution is -0.151. The normalized spacial score (nSPS) is 24.4. The summed E-state index contributed by atoms with van der Waals surface area (Å²) >= 11 is 0. The van der Waals surface area contributed by atoms with E-state index in [1.165, 1.54) is 0 Å². The summed E-state index contributed by atoms with van der Waals surface area (Å²) in [6.45, 7) is 9.47. The van der Waals surface area contributed by atoms with Crippen LogP contribution >= 0.6 is 0 Å². The number of esters is 1. The smallest absolute Gasteiger partial charge is 0.333 e. The molecule has 2 unspecified atom stereocenters. The fraction of sp³-hybridized carbons (Fsp3) is 0.750. The molecule has 0 bridgehead atoms. The Bertz CT molecular complexity index is 297. The number of aliphatic hydroxyl groups is 1. The van der Waals surface area contributed by atoms with Crippen molar-refractivity contribution in [3.05, 3.63) is 12.2 Å². The van der Waals surface area contributed by atoms with Crippen LogP contribution in [0.15, 0.2) is 12.2 Å². The number of carbonyl (C=O) groups excluding carboxylic acids is 1. The molecular formula is C12H20O5. The van der Waals surface area contributed by atoms with Gasteiger partial charge in [-0.05, 0) is 20.8 Å². The van der Waals surface area contributed by atoms with Crippen LogP contribution in [0.4, 0.5) is 0 Å². The quantitative estimate of drug-likeness (QED) is 0.577. The van der Waals surface area contributed by atoms with Crippen molar-refractivity contribution in [2.75, 3.05) is 13.2 Å². The standard InChI is InChI=1S/C12H20O5/c1-5-15-11(14)8(2)6-9(13)10-7-16-12(3,4)17-10/h9-10,13H,2,5-7H2,1,3-4H3. The van der Waals surface area contributed by atoms with Gasteiger partial charge >= 0.3 is 5.97 Å². The molecular weight excluding hydrogens is 224 g/mol. The van der Waals surface area contributed by atoms with E-state index in [9.17, 15) is 9.90 Å². The molecule has 5 nitrogen and oxygen atoms in total. The highest BCUT2D eigenvalue weighted by Crippen LogP contribution is 2.26. The number of aliphatic hydroxyl groups excluding tert-OH is 1. The molecule has 1 aliphatic heterocycles. The molecule has 0 radical (unpaired) electrons. The molecule has 0 aromatic rings. The van der Waals surface area contributed by atoms with Gasteiger partial charge in [0.05, 0.1) is 19.3 Å². The van der Waals surface area contributed by atoms with E-state index in [4.69, 9.17) is 14.2 Å². The first-order chi connectivity index (χ1) is 7.85. The molecule has 1 heterocycles. The molecule has 17 heavy (non-hydrogen) atoms. The second-order valence-electron chi connectivity index (χ2n) is 4.46. The lowest BCUT2D eigenvalue weighted by Crippen LogP contribution is -2.31. The highest BCUT2D eigenvalue weighted by atomic mass is 16.7. The van der Waals surface area contributed by atoms with E-state index in [-0.39, 0.29) is 12.0 Å². The molecule has 1 fully saturated rings. The minimum Gasteiger partial charge on any atom is -0.463 e. The third-order valence-corrected chi connectivity index (χ3v) is 2.48. The van der Waals surface area contributed by atoms with Gasteiger partial charge in [-0.1, -0.05) is 6.58 Å². The monoisotopic (exact) mass is 244 g/mol. The highest BCUT2D eigenvalue weighted by molar-refractivity contribution is 5.87. The van der Waals surface area contributed by atoms with Crippen molar-refractivity contribution in [3.8, 4) is 0 Å². The van der Waals surface area contributed by atoms with Crippen LogP contribution in [0, 0.1) is 0 Å². The van der Waals surface area contributed by atoms with E-state index in [1.54, 1.807) is 20.8 Å². The maximum atomic E-state index is 11.3. The topological polar surface area (TPSA) is 65.0 Å². The minimum atomic E-state index is -0.811. The van der Waals surface area contributed by atoms with Gasteiger partial charge in [-0.25, -0.2) is 4.79 Å². The van der Waals surface area contributed by atoms with E-state index in [2.05, 4.69) is 6.58 Å². The summed E-state index contributed by atoms with van der Waals surface area (Å²) in [5.74, 6) is -1.17. The molecule has 1 aliphatic rings. The first kappa shape index (κ1) is 14.2. The maximum absolute atomic E-state index is 11.3. The molecule has 0 aromatic heterocycles. The lowest BCUT2D eigenvalue weighted by atomic mass is 10.1. The lowest BCUT2D eigenvalue weighted by Gasteiger charge is -2.20. The third-order valence-electron chi connectivity index (χ3n) is 2.48. The van der Waals surface area contributed by atoms with Crippen LogP contribution in [0.5, 0.6) is 0 Å². The van der Waals surface area contributed by atoms with Gasteiger partial charge in [0, 0.05) is 12.0 Å². The molecule has 0 spiro atoms. The summed E-state index contributed by atoms with van der Waals surface area (Å²) in [5.41, 5.74) is 0.243. The van der Waals surface area contributed by atoms with Crippen molar-refractivity contribution in [1.82, 2.24) is 0 Å². The molecule has 0 amide bonds. The van der Waals surface area contributed by atoms with Gasteiger partial charge in [0.15, 0.2) is 5.79 Å². The SMILES string of the molecule is C=C(CC(O)C1COC(C)(C)O1)C(=O)OCC. The number of carbonyl (C=O) groups is 1. The van der Waals surface area contributed by atoms with Gasteiger partial charge in [-0.3, -0.25) is 0 Å². The second kappa shape index (κ2) is 5.62. The molecule has 0 saturated carbocycles. The van der Waals surface area contributed by atoms with E-state index in [1.807, 2.05) is 0 Å². The first-order valence-corrected chi connectivity index (χ1v) is 5.70. The van der Waals surface area contributed by atoms with E-state index in [0.717, 1.165) is 0 Å². The highest BCUT2D eigenvalue weighted by Gasteiger charge is 2.37. The average molecular weight is 244 g/mol. The van der Waals surface area contributed by atoms with Crippen LogP contribution in [-0.4, -0.2) is 42.3 Å². The summed E-state index contributed by atoms with van der Waals surface area (Å²) in [5, 5.41) is 9.90. The van der Waals surface area contributed by atoms with Crippen molar-refractivity contribution in [2.24, 2.45) is 0 Å². The van der Waals surface area contributed by atoms with E-state index >= 15 is 0 Å². The second-order valence-corrected chi connectivity index (χ2v) is 4.46. The summed E-state index contributed by atoms with van der Waals surface area (Å²) in [6, 6.07) is 0. The van der Waals surface area contributed by atoms with Crippen molar-refractivity contribution in [3.63, 3.8) is 0 Å². The zero-order valence-electron chi connectivity index (χ0n) is 10.6. The Morgan fingerprint density at radius 1 is 1.65 bits per heavy atom. The molecule has 98 valence electrons. The van der Waals surface area contributed by atoms with Gasteiger partial charge in [-0.2, -0.15) is 0 Å². The Morgan fingerprint density at radius 3 is 2.76 bits per heavy atom.